The molecule has 0 bridgehead atoms. The highest BCUT2D eigenvalue weighted by atomic mass is 15.1. The highest BCUT2D eigenvalue weighted by molar-refractivity contribution is 5.96. The van der Waals surface area contributed by atoms with E-state index in [4.69, 9.17) is 0 Å². The maximum atomic E-state index is 4.40. The Labute approximate surface area is 90.8 Å². The predicted octanol–water partition coefficient (Wildman–Crippen LogP) is 2.36. The van der Waals surface area contributed by atoms with E-state index in [2.05, 4.69) is 39.5 Å². The molecule has 0 aliphatic carbocycles. The highest BCUT2D eigenvalue weighted by Gasteiger charge is 2.06. The summed E-state index contributed by atoms with van der Waals surface area (Å²) in [5.41, 5.74) is 2.33. The minimum Gasteiger partial charge on any atom is -0.378 e. The van der Waals surface area contributed by atoms with Gasteiger partial charge in [0, 0.05) is 38.4 Å². The van der Waals surface area contributed by atoms with Gasteiger partial charge >= 0.3 is 0 Å². The number of nitrogens with one attached hydrogen (secondary N) is 1. The molecule has 1 heterocycles. The van der Waals surface area contributed by atoms with Crippen molar-refractivity contribution in [3.05, 3.63) is 24.3 Å². The summed E-state index contributed by atoms with van der Waals surface area (Å²) in [6.45, 7) is 0.968. The number of rotatable bonds is 2. The Morgan fingerprint density at radius 3 is 2.87 bits per heavy atom. The summed E-state index contributed by atoms with van der Waals surface area (Å²) in [6.07, 6.45) is 2.25. The van der Waals surface area contributed by atoms with Gasteiger partial charge in [-0.3, -0.25) is 4.99 Å². The normalized spacial score (nSPS) is 14.9. The van der Waals surface area contributed by atoms with Gasteiger partial charge in [-0.1, -0.05) is 6.07 Å². The van der Waals surface area contributed by atoms with Gasteiger partial charge in [0.1, 0.15) is 5.84 Å². The van der Waals surface area contributed by atoms with Crippen molar-refractivity contribution < 1.29 is 0 Å². The van der Waals surface area contributed by atoms with Crippen LogP contribution in [0.1, 0.15) is 12.8 Å². The van der Waals surface area contributed by atoms with Crippen LogP contribution in [0.25, 0.3) is 0 Å². The molecule has 15 heavy (non-hydrogen) atoms. The third-order valence-corrected chi connectivity index (χ3v) is 2.53. The first-order valence-corrected chi connectivity index (χ1v) is 5.33. The lowest BCUT2D eigenvalue weighted by Gasteiger charge is -2.14. The van der Waals surface area contributed by atoms with Crippen molar-refractivity contribution in [2.75, 3.05) is 30.9 Å². The van der Waals surface area contributed by atoms with E-state index >= 15 is 0 Å². The van der Waals surface area contributed by atoms with E-state index in [1.165, 1.54) is 12.1 Å². The number of aliphatic imine (C=N–C) groups is 1. The van der Waals surface area contributed by atoms with Crippen LogP contribution in [0.4, 0.5) is 11.4 Å². The topological polar surface area (TPSA) is 27.6 Å². The van der Waals surface area contributed by atoms with Crippen molar-refractivity contribution in [3.63, 3.8) is 0 Å². The summed E-state index contributed by atoms with van der Waals surface area (Å²) in [5, 5.41) is 3.36. The molecule has 0 fully saturated rings. The van der Waals surface area contributed by atoms with Gasteiger partial charge in [-0.25, -0.2) is 0 Å². The quantitative estimate of drug-likeness (QED) is 0.799. The Morgan fingerprint density at radius 2 is 2.20 bits per heavy atom. The zero-order chi connectivity index (χ0) is 10.7. The van der Waals surface area contributed by atoms with E-state index in [0.29, 0.717) is 0 Å². The average molecular weight is 203 g/mol. The number of benzene rings is 1. The van der Waals surface area contributed by atoms with Gasteiger partial charge in [0.2, 0.25) is 0 Å². The lowest BCUT2D eigenvalue weighted by atomic mass is 10.2. The first kappa shape index (κ1) is 10.0. The van der Waals surface area contributed by atoms with E-state index in [1.54, 1.807) is 0 Å². The van der Waals surface area contributed by atoms with Crippen LogP contribution in [-0.4, -0.2) is 26.5 Å². The fraction of sp³-hybridized carbons (Fsp3) is 0.417. The summed E-state index contributed by atoms with van der Waals surface area (Å²) in [5.74, 6) is 1.12. The zero-order valence-corrected chi connectivity index (χ0v) is 9.33. The Balaban J connectivity index is 2.11. The number of amidine groups is 1. The van der Waals surface area contributed by atoms with Crippen molar-refractivity contribution in [3.8, 4) is 0 Å². The van der Waals surface area contributed by atoms with E-state index in [-0.39, 0.29) is 0 Å². The molecular formula is C12H17N3. The van der Waals surface area contributed by atoms with Gasteiger partial charge < -0.3 is 10.2 Å². The lowest BCUT2D eigenvalue weighted by Crippen LogP contribution is -2.11. The van der Waals surface area contributed by atoms with Crippen LogP contribution in [0.2, 0.25) is 0 Å². The van der Waals surface area contributed by atoms with Crippen molar-refractivity contribution >= 4 is 17.2 Å². The van der Waals surface area contributed by atoms with Crippen molar-refractivity contribution in [2.45, 2.75) is 12.8 Å². The van der Waals surface area contributed by atoms with Gasteiger partial charge in [0.25, 0.3) is 0 Å². The lowest BCUT2D eigenvalue weighted by molar-refractivity contribution is 0.951. The standard InChI is InChI=1S/C12H17N3/c1-15(2)11-6-3-5-10(9-11)14-12-7-4-8-13-12/h3,5-6,9H,4,7-8H2,1-2H3,(H,13,14). The number of hydrogen-bond acceptors (Lipinski definition) is 3. The molecule has 0 amide bonds. The molecule has 1 N–H and O–H groups in total. The van der Waals surface area contributed by atoms with E-state index < -0.39 is 0 Å². The largest absolute Gasteiger partial charge is 0.378 e. The van der Waals surface area contributed by atoms with Crippen LogP contribution in [0.5, 0.6) is 0 Å². The third kappa shape index (κ3) is 2.49. The molecule has 0 atom stereocenters. The molecule has 3 heteroatoms. The highest BCUT2D eigenvalue weighted by Crippen LogP contribution is 2.18. The third-order valence-electron chi connectivity index (χ3n) is 2.53. The molecule has 2 rings (SSSR count). The Kier molecular flexibility index (Phi) is 2.90. The Bertz CT molecular complexity index is 369. The molecule has 80 valence electrons. The minimum atomic E-state index is 0.968. The summed E-state index contributed by atoms with van der Waals surface area (Å²) >= 11 is 0. The van der Waals surface area contributed by atoms with Crippen molar-refractivity contribution in [1.82, 2.24) is 0 Å². The second kappa shape index (κ2) is 4.34. The van der Waals surface area contributed by atoms with Gasteiger partial charge in [0.05, 0.1) is 0 Å². The molecule has 1 aromatic carbocycles. The monoisotopic (exact) mass is 203 g/mol. The van der Waals surface area contributed by atoms with E-state index in [0.717, 1.165) is 24.5 Å². The summed E-state index contributed by atoms with van der Waals surface area (Å²) in [4.78, 5) is 6.50. The first-order valence-electron chi connectivity index (χ1n) is 5.33. The zero-order valence-electron chi connectivity index (χ0n) is 9.33. The molecule has 0 unspecified atom stereocenters. The summed E-state index contributed by atoms with van der Waals surface area (Å²) < 4.78 is 0. The van der Waals surface area contributed by atoms with Gasteiger partial charge in [-0.15, -0.1) is 0 Å². The van der Waals surface area contributed by atoms with E-state index in [1.807, 2.05) is 14.1 Å². The van der Waals surface area contributed by atoms with Crippen LogP contribution in [0.15, 0.2) is 29.3 Å². The molecule has 0 aromatic heterocycles. The van der Waals surface area contributed by atoms with E-state index in [9.17, 15) is 0 Å². The number of hydrogen-bond donors (Lipinski definition) is 1. The van der Waals surface area contributed by atoms with Crippen LogP contribution in [-0.2, 0) is 0 Å². The second-order valence-electron chi connectivity index (χ2n) is 4.00. The molecule has 1 aromatic rings. The number of nitrogens with zero attached hydrogens (tertiary/aromatic N) is 2. The molecular weight excluding hydrogens is 186 g/mol. The van der Waals surface area contributed by atoms with Crippen LogP contribution in [0, 0.1) is 0 Å². The maximum Gasteiger partial charge on any atom is 0.101 e. The molecule has 1 aliphatic rings. The predicted molar refractivity (Wildman–Crippen MR) is 65.9 cm³/mol. The van der Waals surface area contributed by atoms with Crippen molar-refractivity contribution in [1.29, 1.82) is 0 Å². The molecule has 0 spiro atoms. The average Bonchev–Trinajstić information content (AvgIpc) is 2.71. The minimum absolute atomic E-state index is 0.968. The fourth-order valence-corrected chi connectivity index (χ4v) is 1.67. The van der Waals surface area contributed by atoms with Gasteiger partial charge in [0.15, 0.2) is 0 Å². The molecule has 0 radical (unpaired) electrons. The SMILES string of the molecule is CN(C)c1cccc(NC2=NCCC2)c1. The first-order chi connectivity index (χ1) is 7.25. The maximum absolute atomic E-state index is 4.40. The van der Waals surface area contributed by atoms with Gasteiger partial charge in [-0.05, 0) is 24.6 Å². The molecule has 3 nitrogen and oxygen atoms in total. The number of anilines is 2. The summed E-state index contributed by atoms with van der Waals surface area (Å²) in [6, 6.07) is 8.38. The second-order valence-corrected chi connectivity index (χ2v) is 4.00. The summed E-state index contributed by atoms with van der Waals surface area (Å²) in [7, 11) is 4.10. The van der Waals surface area contributed by atoms with Crippen molar-refractivity contribution in [2.24, 2.45) is 4.99 Å². The molecule has 0 saturated carbocycles. The fourth-order valence-electron chi connectivity index (χ4n) is 1.67. The smallest absolute Gasteiger partial charge is 0.101 e. The Hall–Kier alpha value is -1.51. The molecule has 1 aliphatic heterocycles. The Morgan fingerprint density at radius 1 is 1.33 bits per heavy atom. The van der Waals surface area contributed by atoms with Crippen LogP contribution >= 0.6 is 0 Å². The van der Waals surface area contributed by atoms with Crippen LogP contribution in [0.3, 0.4) is 0 Å². The molecule has 0 saturated heterocycles. The van der Waals surface area contributed by atoms with Crippen LogP contribution < -0.4 is 10.2 Å². The van der Waals surface area contributed by atoms with Gasteiger partial charge in [-0.2, -0.15) is 0 Å².